The quantitative estimate of drug-likeness (QED) is 0.835. The average Bonchev–Trinajstić information content (AvgIpc) is 3.26. The molecule has 0 radical (unpaired) electrons. The number of fused-ring (bicyclic) bond motifs is 1. The lowest BCUT2D eigenvalue weighted by Crippen LogP contribution is -2.41. The van der Waals surface area contributed by atoms with Crippen LogP contribution in [0.4, 0.5) is 0 Å². The number of likely N-dealkylation sites (tertiary alicyclic amines) is 2. The molecule has 1 atom stereocenters. The van der Waals surface area contributed by atoms with Gasteiger partial charge < -0.3 is 9.80 Å². The van der Waals surface area contributed by atoms with E-state index in [9.17, 15) is 4.79 Å². The number of carbonyl (C=O) groups is 1. The zero-order valence-electron chi connectivity index (χ0n) is 16.8. The van der Waals surface area contributed by atoms with E-state index in [0.29, 0.717) is 11.1 Å². The van der Waals surface area contributed by atoms with Gasteiger partial charge in [0.2, 0.25) is 0 Å². The fourth-order valence-electron chi connectivity index (χ4n) is 4.73. The predicted molar refractivity (Wildman–Crippen MR) is 106 cm³/mol. The largest absolute Gasteiger partial charge is 0.337 e. The Morgan fingerprint density at radius 3 is 2.59 bits per heavy atom. The summed E-state index contributed by atoms with van der Waals surface area (Å²) in [5.41, 5.74) is 1.60. The number of aromatic nitrogens is 3. The van der Waals surface area contributed by atoms with Gasteiger partial charge in [0.1, 0.15) is 0 Å². The first kappa shape index (κ1) is 18.4. The molecule has 0 bridgehead atoms. The molecule has 0 aliphatic carbocycles. The fourth-order valence-corrected chi connectivity index (χ4v) is 4.73. The predicted octanol–water partition coefficient (Wildman–Crippen LogP) is 2.95. The highest BCUT2D eigenvalue weighted by molar-refractivity contribution is 5.93. The molecule has 2 aromatic heterocycles. The second kappa shape index (κ2) is 7.23. The third-order valence-electron chi connectivity index (χ3n) is 5.96. The van der Waals surface area contributed by atoms with Gasteiger partial charge in [-0.25, -0.2) is 9.50 Å². The van der Waals surface area contributed by atoms with Gasteiger partial charge in [-0.2, -0.15) is 5.10 Å². The first-order chi connectivity index (χ1) is 12.9. The monoisotopic (exact) mass is 369 g/mol. The van der Waals surface area contributed by atoms with Gasteiger partial charge in [0.15, 0.2) is 11.3 Å². The highest BCUT2D eigenvalue weighted by Crippen LogP contribution is 2.33. The van der Waals surface area contributed by atoms with Gasteiger partial charge in [-0.05, 0) is 49.1 Å². The highest BCUT2D eigenvalue weighted by atomic mass is 16.2. The summed E-state index contributed by atoms with van der Waals surface area (Å²) in [5.74, 6) is 1.59. The van der Waals surface area contributed by atoms with Crippen LogP contribution in [-0.2, 0) is 0 Å². The third-order valence-corrected chi connectivity index (χ3v) is 5.96. The summed E-state index contributed by atoms with van der Waals surface area (Å²) in [6.07, 6.45) is 7.10. The molecule has 2 aliphatic rings. The fraction of sp³-hybridized carbons (Fsp3) is 0.667. The Morgan fingerprint density at radius 1 is 1.15 bits per heavy atom. The van der Waals surface area contributed by atoms with E-state index in [1.54, 1.807) is 16.8 Å². The SMILES string of the molecule is CC(C)(C)CN1CC[C@@H](C2CCN(C(=O)c3cc4ncccn4n3)CC2)C1. The van der Waals surface area contributed by atoms with Crippen LogP contribution in [0.1, 0.15) is 50.5 Å². The highest BCUT2D eigenvalue weighted by Gasteiger charge is 2.34. The van der Waals surface area contributed by atoms with E-state index in [1.807, 2.05) is 17.2 Å². The molecule has 2 aromatic rings. The Kier molecular flexibility index (Phi) is 4.93. The first-order valence-electron chi connectivity index (χ1n) is 10.2. The molecular weight excluding hydrogens is 338 g/mol. The summed E-state index contributed by atoms with van der Waals surface area (Å²) in [6, 6.07) is 3.61. The van der Waals surface area contributed by atoms with Crippen LogP contribution in [0.25, 0.3) is 5.65 Å². The van der Waals surface area contributed by atoms with Crippen LogP contribution in [0.5, 0.6) is 0 Å². The van der Waals surface area contributed by atoms with E-state index >= 15 is 0 Å². The van der Waals surface area contributed by atoms with Crippen molar-refractivity contribution in [3.05, 3.63) is 30.2 Å². The van der Waals surface area contributed by atoms with Gasteiger partial charge in [-0.3, -0.25) is 4.79 Å². The van der Waals surface area contributed by atoms with Crippen LogP contribution >= 0.6 is 0 Å². The maximum Gasteiger partial charge on any atom is 0.274 e. The van der Waals surface area contributed by atoms with E-state index in [0.717, 1.165) is 43.4 Å². The second-order valence-corrected chi connectivity index (χ2v) is 9.43. The molecule has 0 saturated carbocycles. The smallest absolute Gasteiger partial charge is 0.274 e. The Bertz CT molecular complexity index is 767. The minimum Gasteiger partial charge on any atom is -0.337 e. The molecule has 0 aromatic carbocycles. The topological polar surface area (TPSA) is 53.7 Å². The lowest BCUT2D eigenvalue weighted by molar-refractivity contribution is 0.0651. The molecule has 146 valence electrons. The lowest BCUT2D eigenvalue weighted by Gasteiger charge is -2.35. The standard InChI is InChI=1S/C21H31N5O/c1-21(2,3)15-24-10-5-17(14-24)16-6-11-25(12-7-16)20(27)18-13-19-22-8-4-9-26(19)23-18/h4,8-9,13,16-17H,5-7,10-12,14-15H2,1-3H3/t17-/m1/s1. The molecule has 6 nitrogen and oxygen atoms in total. The van der Waals surface area contributed by atoms with Crippen molar-refractivity contribution in [3.8, 4) is 0 Å². The number of rotatable bonds is 3. The summed E-state index contributed by atoms with van der Waals surface area (Å²) in [5, 5.41) is 4.38. The van der Waals surface area contributed by atoms with Crippen molar-refractivity contribution in [2.45, 2.75) is 40.0 Å². The van der Waals surface area contributed by atoms with Crippen LogP contribution < -0.4 is 0 Å². The van der Waals surface area contributed by atoms with Gasteiger partial charge in [-0.15, -0.1) is 0 Å². The molecule has 2 fully saturated rings. The zero-order valence-corrected chi connectivity index (χ0v) is 16.8. The summed E-state index contributed by atoms with van der Waals surface area (Å²) in [6.45, 7) is 12.3. The van der Waals surface area contributed by atoms with Gasteiger partial charge in [-0.1, -0.05) is 20.8 Å². The Balaban J connectivity index is 1.32. The van der Waals surface area contributed by atoms with Crippen molar-refractivity contribution >= 4 is 11.6 Å². The number of hydrogen-bond acceptors (Lipinski definition) is 4. The number of piperidine rings is 1. The molecule has 0 N–H and O–H groups in total. The number of nitrogens with zero attached hydrogens (tertiary/aromatic N) is 5. The molecule has 1 amide bonds. The third kappa shape index (κ3) is 4.15. The van der Waals surface area contributed by atoms with Crippen molar-refractivity contribution in [2.75, 3.05) is 32.7 Å². The molecule has 0 unspecified atom stereocenters. The van der Waals surface area contributed by atoms with Crippen LogP contribution in [0.2, 0.25) is 0 Å². The van der Waals surface area contributed by atoms with Crippen molar-refractivity contribution < 1.29 is 4.79 Å². The second-order valence-electron chi connectivity index (χ2n) is 9.43. The maximum atomic E-state index is 12.8. The van der Waals surface area contributed by atoms with Crippen LogP contribution in [-0.4, -0.2) is 63.0 Å². The molecule has 4 rings (SSSR count). The van der Waals surface area contributed by atoms with E-state index in [4.69, 9.17) is 0 Å². The number of amides is 1. The van der Waals surface area contributed by atoms with Gasteiger partial charge in [0, 0.05) is 44.6 Å². The lowest BCUT2D eigenvalue weighted by atomic mass is 9.83. The molecule has 27 heavy (non-hydrogen) atoms. The average molecular weight is 370 g/mol. The minimum absolute atomic E-state index is 0.0414. The molecule has 2 aliphatic heterocycles. The normalized spacial score (nSPS) is 22.6. The Hall–Kier alpha value is -1.95. The molecular formula is C21H31N5O. The van der Waals surface area contributed by atoms with Gasteiger partial charge in [0.25, 0.3) is 5.91 Å². The summed E-state index contributed by atoms with van der Waals surface area (Å²) in [4.78, 5) is 21.7. The van der Waals surface area contributed by atoms with Crippen molar-refractivity contribution in [1.29, 1.82) is 0 Å². The van der Waals surface area contributed by atoms with Gasteiger partial charge in [0.05, 0.1) is 0 Å². The number of hydrogen-bond donors (Lipinski definition) is 0. The van der Waals surface area contributed by atoms with E-state index in [1.165, 1.54) is 26.1 Å². The van der Waals surface area contributed by atoms with E-state index in [2.05, 4.69) is 35.8 Å². The molecule has 2 saturated heterocycles. The summed E-state index contributed by atoms with van der Waals surface area (Å²) in [7, 11) is 0. The summed E-state index contributed by atoms with van der Waals surface area (Å²) >= 11 is 0. The van der Waals surface area contributed by atoms with Crippen LogP contribution in [0, 0.1) is 17.3 Å². The van der Waals surface area contributed by atoms with E-state index in [-0.39, 0.29) is 5.91 Å². The molecule has 0 spiro atoms. The van der Waals surface area contributed by atoms with E-state index < -0.39 is 0 Å². The van der Waals surface area contributed by atoms with Gasteiger partial charge >= 0.3 is 0 Å². The Morgan fingerprint density at radius 2 is 1.89 bits per heavy atom. The molecule has 6 heteroatoms. The summed E-state index contributed by atoms with van der Waals surface area (Å²) < 4.78 is 1.67. The van der Waals surface area contributed by atoms with Crippen LogP contribution in [0.3, 0.4) is 0 Å². The Labute approximate surface area is 161 Å². The zero-order chi connectivity index (χ0) is 19.0. The minimum atomic E-state index is 0.0414. The van der Waals surface area contributed by atoms with Crippen molar-refractivity contribution in [2.24, 2.45) is 17.3 Å². The molecule has 4 heterocycles. The van der Waals surface area contributed by atoms with Crippen molar-refractivity contribution in [1.82, 2.24) is 24.4 Å². The van der Waals surface area contributed by atoms with Crippen LogP contribution in [0.15, 0.2) is 24.5 Å². The van der Waals surface area contributed by atoms with Crippen molar-refractivity contribution in [3.63, 3.8) is 0 Å². The first-order valence-corrected chi connectivity index (χ1v) is 10.2. The maximum absolute atomic E-state index is 12.8. The number of carbonyl (C=O) groups excluding carboxylic acids is 1.